The van der Waals surface area contributed by atoms with Crippen molar-refractivity contribution in [1.29, 1.82) is 0 Å². The number of carbonyl (C=O) groups excluding carboxylic acids is 1. The van der Waals surface area contributed by atoms with Crippen LogP contribution >= 0.6 is 0 Å². The first-order chi connectivity index (χ1) is 14.2. The predicted molar refractivity (Wildman–Crippen MR) is 119 cm³/mol. The molecule has 1 aliphatic carbocycles. The SMILES string of the molecule is N[C@@H]1CCCC[C@@H]1C(=O)NCCC[C@H]1Cc2ccccc2N[C@H]1c1ccccc1. The Kier molecular flexibility index (Phi) is 6.50. The number of rotatable bonds is 6. The lowest BCUT2D eigenvalue weighted by atomic mass is 9.81. The summed E-state index contributed by atoms with van der Waals surface area (Å²) in [5, 5.41) is 6.92. The van der Waals surface area contributed by atoms with Crippen LogP contribution in [0.3, 0.4) is 0 Å². The molecular formula is C25H33N3O. The molecule has 154 valence electrons. The quantitative estimate of drug-likeness (QED) is 0.638. The Morgan fingerprint density at radius 1 is 1.03 bits per heavy atom. The summed E-state index contributed by atoms with van der Waals surface area (Å²) < 4.78 is 0. The molecule has 1 fully saturated rings. The van der Waals surface area contributed by atoms with Gasteiger partial charge in [0.15, 0.2) is 0 Å². The number of fused-ring (bicyclic) bond motifs is 1. The molecule has 1 saturated carbocycles. The highest BCUT2D eigenvalue weighted by atomic mass is 16.1. The Hall–Kier alpha value is -2.33. The monoisotopic (exact) mass is 391 g/mol. The predicted octanol–water partition coefficient (Wildman–Crippen LogP) is 4.43. The van der Waals surface area contributed by atoms with E-state index in [4.69, 9.17) is 5.73 Å². The minimum absolute atomic E-state index is 0.00374. The highest BCUT2D eigenvalue weighted by Gasteiger charge is 2.30. The van der Waals surface area contributed by atoms with Crippen LogP contribution in [0.1, 0.15) is 55.7 Å². The van der Waals surface area contributed by atoms with Crippen molar-refractivity contribution in [1.82, 2.24) is 5.32 Å². The van der Waals surface area contributed by atoms with Gasteiger partial charge in [-0.15, -0.1) is 0 Å². The Morgan fingerprint density at radius 2 is 1.79 bits per heavy atom. The van der Waals surface area contributed by atoms with Gasteiger partial charge in [0.1, 0.15) is 0 Å². The largest absolute Gasteiger partial charge is 0.378 e. The van der Waals surface area contributed by atoms with E-state index >= 15 is 0 Å². The van der Waals surface area contributed by atoms with Gasteiger partial charge < -0.3 is 16.4 Å². The summed E-state index contributed by atoms with van der Waals surface area (Å²) in [6.45, 7) is 0.738. The first-order valence-corrected chi connectivity index (χ1v) is 11.1. The van der Waals surface area contributed by atoms with Crippen LogP contribution in [0.25, 0.3) is 0 Å². The zero-order valence-electron chi connectivity index (χ0n) is 17.1. The maximum Gasteiger partial charge on any atom is 0.224 e. The molecule has 0 spiro atoms. The maximum absolute atomic E-state index is 12.5. The summed E-state index contributed by atoms with van der Waals surface area (Å²) in [6.07, 6.45) is 7.34. The number of para-hydroxylation sites is 1. The van der Waals surface area contributed by atoms with Crippen LogP contribution in [0.15, 0.2) is 54.6 Å². The van der Waals surface area contributed by atoms with E-state index in [0.29, 0.717) is 12.0 Å². The fraction of sp³-hybridized carbons (Fsp3) is 0.480. The van der Waals surface area contributed by atoms with Crippen LogP contribution in [0.4, 0.5) is 5.69 Å². The number of hydrogen-bond donors (Lipinski definition) is 3. The van der Waals surface area contributed by atoms with Gasteiger partial charge in [-0.05, 0) is 55.2 Å². The third-order valence-electron chi connectivity index (χ3n) is 6.65. The Labute approximate surface area is 174 Å². The number of carbonyl (C=O) groups is 1. The van der Waals surface area contributed by atoms with Crippen molar-refractivity contribution in [2.45, 2.75) is 57.0 Å². The van der Waals surface area contributed by atoms with Gasteiger partial charge >= 0.3 is 0 Å². The van der Waals surface area contributed by atoms with Crippen LogP contribution in [-0.4, -0.2) is 18.5 Å². The average molecular weight is 392 g/mol. The van der Waals surface area contributed by atoms with Gasteiger partial charge in [-0.25, -0.2) is 0 Å². The van der Waals surface area contributed by atoms with Crippen LogP contribution < -0.4 is 16.4 Å². The van der Waals surface area contributed by atoms with Gasteiger partial charge in [0, 0.05) is 18.3 Å². The molecule has 4 N–H and O–H groups in total. The van der Waals surface area contributed by atoms with E-state index in [-0.39, 0.29) is 17.9 Å². The summed E-state index contributed by atoms with van der Waals surface area (Å²) in [5.74, 6) is 0.675. The molecule has 4 nitrogen and oxygen atoms in total. The van der Waals surface area contributed by atoms with Gasteiger partial charge in [-0.3, -0.25) is 4.79 Å². The summed E-state index contributed by atoms with van der Waals surface area (Å²) in [5.41, 5.74) is 10.1. The first-order valence-electron chi connectivity index (χ1n) is 11.1. The molecule has 2 aromatic rings. The van der Waals surface area contributed by atoms with Crippen molar-refractivity contribution in [3.05, 3.63) is 65.7 Å². The van der Waals surface area contributed by atoms with Crippen molar-refractivity contribution in [3.8, 4) is 0 Å². The van der Waals surface area contributed by atoms with Gasteiger partial charge in [0.05, 0.1) is 12.0 Å². The second kappa shape index (κ2) is 9.45. The normalized spacial score (nSPS) is 26.2. The van der Waals surface area contributed by atoms with Gasteiger partial charge in [0.2, 0.25) is 5.91 Å². The average Bonchev–Trinajstić information content (AvgIpc) is 2.77. The molecule has 29 heavy (non-hydrogen) atoms. The van der Waals surface area contributed by atoms with E-state index in [9.17, 15) is 4.79 Å². The van der Waals surface area contributed by atoms with Crippen molar-refractivity contribution in [3.63, 3.8) is 0 Å². The zero-order valence-corrected chi connectivity index (χ0v) is 17.1. The second-order valence-electron chi connectivity index (χ2n) is 8.64. The smallest absolute Gasteiger partial charge is 0.224 e. The molecule has 2 aromatic carbocycles. The van der Waals surface area contributed by atoms with E-state index in [2.05, 4.69) is 65.2 Å². The van der Waals surface area contributed by atoms with E-state index in [1.165, 1.54) is 16.8 Å². The number of nitrogens with one attached hydrogen (secondary N) is 2. The molecule has 0 saturated heterocycles. The Balaban J connectivity index is 1.35. The standard InChI is InChI=1S/C25H33N3O/c26-22-14-6-5-13-21(22)25(29)27-16-8-12-20-17-19-11-4-7-15-23(19)28-24(20)18-9-2-1-3-10-18/h1-4,7,9-11,15,20-22,24,28H,5-6,8,12-14,16-17,26H2,(H,27,29)/t20-,21-,22+,24-/m0/s1. The molecule has 1 heterocycles. The number of hydrogen-bond acceptors (Lipinski definition) is 3. The van der Waals surface area contributed by atoms with Gasteiger partial charge in [0.25, 0.3) is 0 Å². The van der Waals surface area contributed by atoms with Crippen molar-refractivity contribution < 1.29 is 4.79 Å². The number of benzene rings is 2. The topological polar surface area (TPSA) is 67.2 Å². The summed E-state index contributed by atoms with van der Waals surface area (Å²) in [4.78, 5) is 12.5. The Bertz CT molecular complexity index is 807. The van der Waals surface area contributed by atoms with E-state index in [1.54, 1.807) is 0 Å². The minimum Gasteiger partial charge on any atom is -0.378 e. The maximum atomic E-state index is 12.5. The van der Waals surface area contributed by atoms with Crippen molar-refractivity contribution in [2.24, 2.45) is 17.6 Å². The van der Waals surface area contributed by atoms with Gasteiger partial charge in [-0.1, -0.05) is 61.4 Å². The lowest BCUT2D eigenvalue weighted by molar-refractivity contribution is -0.126. The molecule has 2 aliphatic rings. The molecule has 1 amide bonds. The third-order valence-corrected chi connectivity index (χ3v) is 6.65. The highest BCUT2D eigenvalue weighted by Crippen LogP contribution is 2.38. The molecule has 0 radical (unpaired) electrons. The number of anilines is 1. The van der Waals surface area contributed by atoms with Crippen LogP contribution in [0.5, 0.6) is 0 Å². The van der Waals surface area contributed by atoms with Crippen LogP contribution in [-0.2, 0) is 11.2 Å². The molecule has 0 unspecified atom stereocenters. The molecule has 0 aromatic heterocycles. The molecule has 4 atom stereocenters. The van der Waals surface area contributed by atoms with Crippen LogP contribution in [0.2, 0.25) is 0 Å². The summed E-state index contributed by atoms with van der Waals surface area (Å²) in [6, 6.07) is 19.7. The highest BCUT2D eigenvalue weighted by molar-refractivity contribution is 5.79. The zero-order chi connectivity index (χ0) is 20.1. The molecule has 4 heteroatoms. The lowest BCUT2D eigenvalue weighted by Gasteiger charge is -2.35. The number of nitrogens with two attached hydrogens (primary N) is 1. The van der Waals surface area contributed by atoms with Gasteiger partial charge in [-0.2, -0.15) is 0 Å². The lowest BCUT2D eigenvalue weighted by Crippen LogP contribution is -2.44. The number of amides is 1. The van der Waals surface area contributed by atoms with E-state index in [0.717, 1.165) is 51.5 Å². The second-order valence-corrected chi connectivity index (χ2v) is 8.64. The molecule has 4 rings (SSSR count). The molecule has 0 bridgehead atoms. The summed E-state index contributed by atoms with van der Waals surface area (Å²) >= 11 is 0. The molecule has 1 aliphatic heterocycles. The Morgan fingerprint density at radius 3 is 2.62 bits per heavy atom. The fourth-order valence-corrected chi connectivity index (χ4v) is 5.00. The van der Waals surface area contributed by atoms with Crippen molar-refractivity contribution >= 4 is 11.6 Å². The van der Waals surface area contributed by atoms with Crippen molar-refractivity contribution in [2.75, 3.05) is 11.9 Å². The fourth-order valence-electron chi connectivity index (χ4n) is 5.00. The van der Waals surface area contributed by atoms with E-state index in [1.807, 2.05) is 0 Å². The molecular weight excluding hydrogens is 358 g/mol. The summed E-state index contributed by atoms with van der Waals surface area (Å²) in [7, 11) is 0. The first kappa shape index (κ1) is 20.0. The van der Waals surface area contributed by atoms with Crippen LogP contribution in [0, 0.1) is 11.8 Å². The minimum atomic E-state index is 0.00374. The van der Waals surface area contributed by atoms with E-state index < -0.39 is 0 Å². The third kappa shape index (κ3) is 4.81.